The summed E-state index contributed by atoms with van der Waals surface area (Å²) in [6, 6.07) is 5.66. The van der Waals surface area contributed by atoms with Gasteiger partial charge >= 0.3 is 6.03 Å². The molecule has 1 aliphatic heterocycles. The number of aryl methyl sites for hydroxylation is 2. The van der Waals surface area contributed by atoms with Gasteiger partial charge in [0.2, 0.25) is 0 Å². The van der Waals surface area contributed by atoms with Crippen molar-refractivity contribution in [3.8, 4) is 0 Å². The van der Waals surface area contributed by atoms with Crippen molar-refractivity contribution in [3.05, 3.63) is 23.9 Å². The Morgan fingerprint density at radius 3 is 3.00 bits per heavy atom. The number of carbonyl (C=O) groups excluding carboxylic acids is 1. The number of carbonyl (C=O) groups is 1. The first-order valence-corrected chi connectivity index (χ1v) is 8.23. The van der Waals surface area contributed by atoms with Crippen molar-refractivity contribution >= 4 is 22.6 Å². The summed E-state index contributed by atoms with van der Waals surface area (Å²) in [6.07, 6.45) is 2.44. The maximum Gasteiger partial charge on any atom is 0.322 e. The van der Waals surface area contributed by atoms with Gasteiger partial charge in [0.25, 0.3) is 0 Å². The lowest BCUT2D eigenvalue weighted by atomic mass is 10.0. The third kappa shape index (κ3) is 2.28. The average molecular weight is 314 g/mol. The predicted molar refractivity (Wildman–Crippen MR) is 88.3 cm³/mol. The summed E-state index contributed by atoms with van der Waals surface area (Å²) < 4.78 is 1.84. The molecule has 2 aromatic rings. The lowest BCUT2D eigenvalue weighted by Gasteiger charge is -2.27. The van der Waals surface area contributed by atoms with Crippen molar-refractivity contribution in [1.82, 2.24) is 14.7 Å². The smallest absolute Gasteiger partial charge is 0.322 e. The highest BCUT2D eigenvalue weighted by Gasteiger charge is 2.45. The van der Waals surface area contributed by atoms with Crippen LogP contribution in [0.4, 0.5) is 10.5 Å². The molecular formula is C17H22N4O2. The van der Waals surface area contributed by atoms with Crippen molar-refractivity contribution in [2.45, 2.75) is 38.3 Å². The Labute approximate surface area is 135 Å². The first-order valence-electron chi connectivity index (χ1n) is 8.23. The van der Waals surface area contributed by atoms with E-state index in [0.29, 0.717) is 5.92 Å². The van der Waals surface area contributed by atoms with Crippen molar-refractivity contribution in [2.75, 3.05) is 11.9 Å². The van der Waals surface area contributed by atoms with Crippen LogP contribution in [0.1, 0.15) is 25.0 Å². The summed E-state index contributed by atoms with van der Waals surface area (Å²) in [4.78, 5) is 14.4. The Morgan fingerprint density at radius 1 is 1.35 bits per heavy atom. The summed E-state index contributed by atoms with van der Waals surface area (Å²) >= 11 is 0. The number of amides is 2. The molecule has 3 atom stereocenters. The van der Waals surface area contributed by atoms with Crippen LogP contribution in [0.25, 0.3) is 10.9 Å². The first kappa shape index (κ1) is 14.5. The van der Waals surface area contributed by atoms with Crippen LogP contribution in [0, 0.1) is 12.8 Å². The predicted octanol–water partition coefficient (Wildman–Crippen LogP) is 2.26. The van der Waals surface area contributed by atoms with Gasteiger partial charge in [0.15, 0.2) is 0 Å². The topological polar surface area (TPSA) is 70.4 Å². The molecule has 122 valence electrons. The lowest BCUT2D eigenvalue weighted by Crippen LogP contribution is -2.44. The lowest BCUT2D eigenvalue weighted by molar-refractivity contribution is 0.101. The Hall–Kier alpha value is -2.08. The molecule has 1 aliphatic carbocycles. The summed E-state index contributed by atoms with van der Waals surface area (Å²) in [7, 11) is 1.92. The Kier molecular flexibility index (Phi) is 3.30. The molecule has 23 heavy (non-hydrogen) atoms. The van der Waals surface area contributed by atoms with Crippen molar-refractivity contribution in [2.24, 2.45) is 13.0 Å². The normalized spacial score (nSPS) is 26.7. The molecular weight excluding hydrogens is 292 g/mol. The molecule has 1 saturated carbocycles. The van der Waals surface area contributed by atoms with Crippen molar-refractivity contribution in [1.29, 1.82) is 0 Å². The second-order valence-corrected chi connectivity index (χ2v) is 6.75. The number of fused-ring (bicyclic) bond motifs is 2. The molecule has 2 fully saturated rings. The number of rotatable bonds is 1. The molecule has 0 unspecified atom stereocenters. The number of aliphatic hydroxyl groups is 1. The van der Waals surface area contributed by atoms with Gasteiger partial charge in [-0.2, -0.15) is 5.10 Å². The molecule has 4 rings (SSSR count). The fourth-order valence-electron chi connectivity index (χ4n) is 4.11. The van der Waals surface area contributed by atoms with Crippen molar-refractivity contribution < 1.29 is 9.90 Å². The molecule has 0 radical (unpaired) electrons. The van der Waals surface area contributed by atoms with Crippen LogP contribution in [-0.4, -0.2) is 44.5 Å². The van der Waals surface area contributed by atoms with E-state index in [4.69, 9.17) is 0 Å². The molecule has 0 bridgehead atoms. The number of nitrogens with one attached hydrogen (secondary N) is 1. The molecule has 2 aliphatic rings. The largest absolute Gasteiger partial charge is 0.391 e. The molecule has 2 amide bonds. The second kappa shape index (κ2) is 5.23. The highest BCUT2D eigenvalue weighted by Crippen LogP contribution is 2.38. The van der Waals surface area contributed by atoms with Crippen LogP contribution in [0.5, 0.6) is 0 Å². The van der Waals surface area contributed by atoms with E-state index >= 15 is 0 Å². The summed E-state index contributed by atoms with van der Waals surface area (Å²) in [5, 5.41) is 18.6. The van der Waals surface area contributed by atoms with Crippen LogP contribution in [-0.2, 0) is 7.05 Å². The van der Waals surface area contributed by atoms with E-state index in [9.17, 15) is 9.90 Å². The SMILES string of the molecule is Cc1c2ccc(NC(=O)N3CC[C@@H]4CC[C@@H](O)[C@@H]43)cc2nn1C. The number of hydrogen-bond acceptors (Lipinski definition) is 3. The van der Waals surface area contributed by atoms with Gasteiger partial charge in [-0.05, 0) is 50.3 Å². The summed E-state index contributed by atoms with van der Waals surface area (Å²) in [5.74, 6) is 0.455. The van der Waals surface area contributed by atoms with E-state index in [-0.39, 0.29) is 18.2 Å². The second-order valence-electron chi connectivity index (χ2n) is 6.75. The fourth-order valence-corrected chi connectivity index (χ4v) is 4.11. The minimum Gasteiger partial charge on any atom is -0.391 e. The van der Waals surface area contributed by atoms with Gasteiger partial charge < -0.3 is 15.3 Å². The van der Waals surface area contributed by atoms with Gasteiger partial charge in [0.05, 0.1) is 17.7 Å². The number of nitrogens with zero attached hydrogens (tertiary/aromatic N) is 3. The van der Waals surface area contributed by atoms with Gasteiger partial charge in [-0.25, -0.2) is 4.79 Å². The third-order valence-corrected chi connectivity index (χ3v) is 5.45. The zero-order valence-corrected chi connectivity index (χ0v) is 13.5. The standard InChI is InChI=1S/C17H22N4O2/c1-10-13-5-4-12(9-14(13)19-20(10)2)18-17(23)21-8-7-11-3-6-15(22)16(11)21/h4-5,9,11,15-16,22H,3,6-8H2,1-2H3,(H,18,23)/t11-,15+,16+/m0/s1. The molecule has 0 spiro atoms. The van der Waals surface area contributed by atoms with Crippen LogP contribution < -0.4 is 5.32 Å². The average Bonchev–Trinajstić information content (AvgIpc) is 3.17. The number of urea groups is 1. The summed E-state index contributed by atoms with van der Waals surface area (Å²) in [5.41, 5.74) is 2.73. The Morgan fingerprint density at radius 2 is 2.17 bits per heavy atom. The number of hydrogen-bond donors (Lipinski definition) is 2. The van der Waals surface area contributed by atoms with Gasteiger partial charge in [-0.1, -0.05) is 0 Å². The number of aromatic nitrogens is 2. The highest BCUT2D eigenvalue weighted by atomic mass is 16.3. The van der Waals surface area contributed by atoms with Gasteiger partial charge in [0.1, 0.15) is 0 Å². The van der Waals surface area contributed by atoms with E-state index < -0.39 is 0 Å². The van der Waals surface area contributed by atoms with Gasteiger partial charge in [-0.3, -0.25) is 4.68 Å². The van der Waals surface area contributed by atoms with Crippen molar-refractivity contribution in [3.63, 3.8) is 0 Å². The molecule has 1 saturated heterocycles. The van der Waals surface area contributed by atoms with Gasteiger partial charge in [-0.15, -0.1) is 0 Å². The number of benzene rings is 1. The zero-order chi connectivity index (χ0) is 16.1. The maximum atomic E-state index is 12.6. The van der Waals surface area contributed by atoms with Crippen LogP contribution in [0.2, 0.25) is 0 Å². The quantitative estimate of drug-likeness (QED) is 0.848. The third-order valence-electron chi connectivity index (χ3n) is 5.45. The fraction of sp³-hybridized carbons (Fsp3) is 0.529. The number of anilines is 1. The molecule has 2 N–H and O–H groups in total. The zero-order valence-electron chi connectivity index (χ0n) is 13.5. The van der Waals surface area contributed by atoms with E-state index in [1.807, 2.05) is 36.9 Å². The van der Waals surface area contributed by atoms with Gasteiger partial charge in [0, 0.05) is 30.4 Å². The van der Waals surface area contributed by atoms with Crippen LogP contribution >= 0.6 is 0 Å². The Bertz CT molecular complexity index is 769. The maximum absolute atomic E-state index is 12.6. The number of likely N-dealkylation sites (tertiary alicyclic amines) is 1. The van der Waals surface area contributed by atoms with Crippen LogP contribution in [0.3, 0.4) is 0 Å². The highest BCUT2D eigenvalue weighted by molar-refractivity contribution is 5.93. The van der Waals surface area contributed by atoms with E-state index in [0.717, 1.165) is 48.1 Å². The van der Waals surface area contributed by atoms with Crippen LogP contribution in [0.15, 0.2) is 18.2 Å². The van der Waals surface area contributed by atoms with E-state index in [1.165, 1.54) is 0 Å². The molecule has 1 aromatic carbocycles. The molecule has 6 heteroatoms. The molecule has 6 nitrogen and oxygen atoms in total. The number of aliphatic hydroxyl groups excluding tert-OH is 1. The van der Waals surface area contributed by atoms with E-state index in [1.54, 1.807) is 4.90 Å². The first-order chi connectivity index (χ1) is 11.0. The minimum atomic E-state index is -0.380. The Balaban J connectivity index is 1.54. The monoisotopic (exact) mass is 314 g/mol. The minimum absolute atomic E-state index is 0.0178. The molecule has 1 aromatic heterocycles. The van der Waals surface area contributed by atoms with E-state index in [2.05, 4.69) is 10.4 Å². The molecule has 2 heterocycles. The summed E-state index contributed by atoms with van der Waals surface area (Å²) in [6.45, 7) is 2.75.